The first-order valence-corrected chi connectivity index (χ1v) is 13.9. The van der Waals surface area contributed by atoms with E-state index in [0.29, 0.717) is 16.5 Å². The maximum atomic E-state index is 13.7. The second-order valence-electron chi connectivity index (χ2n) is 9.73. The molecule has 33 heavy (non-hydrogen) atoms. The Morgan fingerprint density at radius 1 is 0.970 bits per heavy atom. The van der Waals surface area contributed by atoms with Gasteiger partial charge in [0.05, 0.1) is 17.0 Å². The maximum Gasteiger partial charge on any atom is 0.226 e. The van der Waals surface area contributed by atoms with Gasteiger partial charge in [-0.05, 0) is 61.6 Å². The molecule has 1 saturated heterocycles. The van der Waals surface area contributed by atoms with Gasteiger partial charge in [-0.25, -0.2) is 8.42 Å². The molecule has 4 atom stereocenters. The zero-order chi connectivity index (χ0) is 24.5. The number of sulfone groups is 1. The van der Waals surface area contributed by atoms with Crippen LogP contribution in [0.1, 0.15) is 64.1 Å². The molecule has 7 heteroatoms. The predicted octanol–water partition coefficient (Wildman–Crippen LogP) is 6.53. The fraction of sp³-hybridized carbons (Fsp3) is 0.500. The Morgan fingerprint density at radius 3 is 2.15 bits per heavy atom. The van der Waals surface area contributed by atoms with Crippen LogP contribution in [0.5, 0.6) is 0 Å². The third-order valence-electron chi connectivity index (χ3n) is 6.70. The molecule has 0 unspecified atom stereocenters. The smallest absolute Gasteiger partial charge is 0.226 e. The van der Waals surface area contributed by atoms with E-state index in [4.69, 9.17) is 23.2 Å². The monoisotopic (exact) mass is 509 g/mol. The number of hydrogen-bond acceptors (Lipinski definition) is 3. The number of nitrogens with zero attached hydrogens (tertiary/aromatic N) is 1. The van der Waals surface area contributed by atoms with Crippen LogP contribution in [0, 0.1) is 11.8 Å². The van der Waals surface area contributed by atoms with Crippen molar-refractivity contribution in [3.05, 3.63) is 69.7 Å². The lowest BCUT2D eigenvalue weighted by Crippen LogP contribution is -2.55. The highest BCUT2D eigenvalue weighted by molar-refractivity contribution is 7.92. The van der Waals surface area contributed by atoms with Crippen LogP contribution in [0.4, 0.5) is 0 Å². The van der Waals surface area contributed by atoms with Gasteiger partial charge in [0.15, 0.2) is 9.84 Å². The van der Waals surface area contributed by atoms with E-state index in [0.717, 1.165) is 11.1 Å². The minimum absolute atomic E-state index is 0.00844. The van der Waals surface area contributed by atoms with Gasteiger partial charge in [0.2, 0.25) is 5.91 Å². The molecule has 1 amide bonds. The Balaban J connectivity index is 2.19. The molecule has 0 spiro atoms. The van der Waals surface area contributed by atoms with Crippen LogP contribution in [0.15, 0.2) is 48.5 Å². The van der Waals surface area contributed by atoms with Crippen molar-refractivity contribution in [1.82, 2.24) is 4.90 Å². The van der Waals surface area contributed by atoms with Gasteiger partial charge in [-0.1, -0.05) is 68.2 Å². The molecule has 4 nitrogen and oxygen atoms in total. The number of likely N-dealkylation sites (tertiary alicyclic amines) is 1. The largest absolute Gasteiger partial charge is 0.331 e. The van der Waals surface area contributed by atoms with Crippen molar-refractivity contribution in [1.29, 1.82) is 0 Å². The van der Waals surface area contributed by atoms with Crippen LogP contribution >= 0.6 is 23.2 Å². The quantitative estimate of drug-likeness (QED) is 0.425. The van der Waals surface area contributed by atoms with Gasteiger partial charge in [-0.15, -0.1) is 0 Å². The summed E-state index contributed by atoms with van der Waals surface area (Å²) >= 11 is 12.5. The molecule has 1 aliphatic heterocycles. The summed E-state index contributed by atoms with van der Waals surface area (Å²) in [5, 5.41) is 0.748. The normalized spacial score (nSPS) is 22.8. The van der Waals surface area contributed by atoms with E-state index in [1.54, 1.807) is 13.8 Å². The first-order valence-electron chi connectivity index (χ1n) is 11.5. The van der Waals surface area contributed by atoms with Crippen LogP contribution in [0.2, 0.25) is 10.0 Å². The van der Waals surface area contributed by atoms with E-state index in [1.165, 1.54) is 0 Å². The molecule has 0 radical (unpaired) electrons. The van der Waals surface area contributed by atoms with Gasteiger partial charge in [-0.2, -0.15) is 0 Å². The number of carbonyl (C=O) groups excluding carboxylic acids is 1. The van der Waals surface area contributed by atoms with Crippen molar-refractivity contribution in [3.63, 3.8) is 0 Å². The summed E-state index contributed by atoms with van der Waals surface area (Å²) in [7, 11) is -3.37. The molecule has 2 aromatic rings. The second kappa shape index (κ2) is 10.4. The van der Waals surface area contributed by atoms with Crippen LogP contribution in [-0.2, 0) is 14.6 Å². The molecular weight excluding hydrogens is 477 g/mol. The maximum absolute atomic E-state index is 13.7. The Hall–Kier alpha value is -1.56. The molecule has 0 N–H and O–H groups in total. The first kappa shape index (κ1) is 26.1. The first-order chi connectivity index (χ1) is 15.4. The van der Waals surface area contributed by atoms with Gasteiger partial charge < -0.3 is 4.90 Å². The number of rotatable bonds is 7. The molecule has 3 rings (SSSR count). The number of benzene rings is 2. The van der Waals surface area contributed by atoms with E-state index in [1.807, 2.05) is 74.2 Å². The highest BCUT2D eigenvalue weighted by Crippen LogP contribution is 2.47. The van der Waals surface area contributed by atoms with E-state index >= 15 is 0 Å². The molecule has 0 aliphatic carbocycles. The Kier molecular flexibility index (Phi) is 8.19. The zero-order valence-electron chi connectivity index (χ0n) is 19.8. The summed E-state index contributed by atoms with van der Waals surface area (Å²) in [6, 6.07) is 14.5. The molecule has 2 aromatic carbocycles. The Morgan fingerprint density at radius 2 is 1.61 bits per heavy atom. The lowest BCUT2D eigenvalue weighted by molar-refractivity contribution is -0.146. The van der Waals surface area contributed by atoms with Crippen molar-refractivity contribution in [3.8, 4) is 0 Å². The second-order valence-corrected chi connectivity index (χ2v) is 13.2. The molecule has 0 bridgehead atoms. The van der Waals surface area contributed by atoms with Gasteiger partial charge in [0, 0.05) is 27.9 Å². The molecule has 180 valence electrons. The third kappa shape index (κ3) is 5.75. The van der Waals surface area contributed by atoms with E-state index in [2.05, 4.69) is 0 Å². The van der Waals surface area contributed by atoms with Crippen LogP contribution in [0.3, 0.4) is 0 Å². The lowest BCUT2D eigenvalue weighted by Gasteiger charge is -2.49. The van der Waals surface area contributed by atoms with Gasteiger partial charge in [0.1, 0.15) is 0 Å². The summed E-state index contributed by atoms with van der Waals surface area (Å²) in [4.78, 5) is 15.6. The summed E-state index contributed by atoms with van der Waals surface area (Å²) in [6.45, 7) is 9.29. The zero-order valence-corrected chi connectivity index (χ0v) is 22.2. The molecule has 1 heterocycles. The third-order valence-corrected chi connectivity index (χ3v) is 9.43. The molecule has 0 saturated carbocycles. The number of halogens is 2. The molecule has 1 aliphatic rings. The average molecular weight is 511 g/mol. The van der Waals surface area contributed by atoms with Crippen molar-refractivity contribution in [2.24, 2.45) is 11.8 Å². The van der Waals surface area contributed by atoms with Crippen molar-refractivity contribution >= 4 is 38.9 Å². The van der Waals surface area contributed by atoms with Crippen LogP contribution < -0.4 is 0 Å². The SMILES string of the molecule is CC(C)[C@@H](CS(=O)(=O)C(C)C)N1C(=O)[C@H](C)C[C@H](c2cccc(Cl)c2)[C@H]1c1ccc(Cl)cc1. The topological polar surface area (TPSA) is 54.5 Å². The number of carbonyl (C=O) groups is 1. The summed E-state index contributed by atoms with van der Waals surface area (Å²) in [6.07, 6.45) is 0.657. The Bertz CT molecular complexity index is 1080. The molecule has 0 aromatic heterocycles. The lowest BCUT2D eigenvalue weighted by atomic mass is 9.75. The van der Waals surface area contributed by atoms with Crippen molar-refractivity contribution < 1.29 is 13.2 Å². The average Bonchev–Trinajstić information content (AvgIpc) is 2.74. The van der Waals surface area contributed by atoms with Crippen LogP contribution in [0.25, 0.3) is 0 Å². The Labute approximate surface area is 208 Å². The summed E-state index contributed by atoms with van der Waals surface area (Å²) in [5.74, 6) is -0.373. The van der Waals surface area contributed by atoms with Crippen molar-refractivity contribution in [2.75, 3.05) is 5.75 Å². The fourth-order valence-corrected chi connectivity index (χ4v) is 6.43. The van der Waals surface area contributed by atoms with Gasteiger partial charge in [0.25, 0.3) is 0 Å². The minimum atomic E-state index is -3.37. The van der Waals surface area contributed by atoms with Gasteiger partial charge >= 0.3 is 0 Å². The molecule has 1 fully saturated rings. The van der Waals surface area contributed by atoms with Crippen molar-refractivity contribution in [2.45, 2.75) is 64.3 Å². The summed E-state index contributed by atoms with van der Waals surface area (Å²) < 4.78 is 26.0. The fourth-order valence-electron chi connectivity index (χ4n) is 4.70. The van der Waals surface area contributed by atoms with Crippen LogP contribution in [-0.4, -0.2) is 36.3 Å². The van der Waals surface area contributed by atoms with E-state index < -0.39 is 21.1 Å². The number of piperidine rings is 1. The highest BCUT2D eigenvalue weighted by atomic mass is 35.5. The molecular formula is C26H33Cl2NO3S. The standard InChI is InChI=1S/C26H33Cl2NO3S/c1-16(2)24(15-33(31,32)17(3)4)29-25(19-9-11-21(27)12-10-19)23(13-18(5)26(29)30)20-7-6-8-22(28)14-20/h6-12,14,16-18,23-25H,13,15H2,1-5H3/t18-,23-,24-,25-/m1/s1. The predicted molar refractivity (Wildman–Crippen MR) is 137 cm³/mol. The minimum Gasteiger partial charge on any atom is -0.331 e. The number of hydrogen-bond donors (Lipinski definition) is 0. The highest BCUT2D eigenvalue weighted by Gasteiger charge is 2.46. The van der Waals surface area contributed by atoms with E-state index in [9.17, 15) is 13.2 Å². The van der Waals surface area contributed by atoms with E-state index in [-0.39, 0.29) is 35.5 Å². The summed E-state index contributed by atoms with van der Waals surface area (Å²) in [5.41, 5.74) is 1.98. The van der Waals surface area contributed by atoms with Gasteiger partial charge in [-0.3, -0.25) is 4.79 Å². The number of amides is 1.